The van der Waals surface area contributed by atoms with Crippen molar-refractivity contribution in [1.29, 1.82) is 0 Å². The summed E-state index contributed by atoms with van der Waals surface area (Å²) in [4.78, 5) is 0. The van der Waals surface area contributed by atoms with Crippen molar-refractivity contribution in [2.45, 2.75) is 84.4 Å². The Kier molecular flexibility index (Phi) is 7.70. The normalized spacial score (nSPS) is 33.3. The molecule has 3 nitrogen and oxygen atoms in total. The zero-order valence-electron chi connectivity index (χ0n) is 17.4. The smallest absolute Gasteiger partial charge is 0.147 e. The number of rotatable bonds is 9. The summed E-state index contributed by atoms with van der Waals surface area (Å²) in [6.45, 7) is 8.86. The monoisotopic (exact) mass is 370 g/mol. The molecule has 5 atom stereocenters. The standard InChI is InChI=1S/C22H39FO3/c1-16(13-18(23)14-21(2,3)26-15-25-5)19-8-9-20-17(10-12-24)7-6-11-22(19,20)4/h10,16,18-20,24H,6-9,11-15H2,1-5H3/b17-10+/t16-,18-,19-,20+,22-/m1/s1. The van der Waals surface area contributed by atoms with E-state index < -0.39 is 11.8 Å². The Labute approximate surface area is 159 Å². The maximum Gasteiger partial charge on any atom is 0.147 e. The summed E-state index contributed by atoms with van der Waals surface area (Å²) in [6.07, 6.45) is 8.11. The first-order valence-electron chi connectivity index (χ1n) is 10.3. The zero-order valence-corrected chi connectivity index (χ0v) is 17.4. The van der Waals surface area contributed by atoms with E-state index in [9.17, 15) is 9.50 Å². The largest absolute Gasteiger partial charge is 0.392 e. The highest BCUT2D eigenvalue weighted by Crippen LogP contribution is 2.59. The fourth-order valence-electron chi connectivity index (χ4n) is 5.84. The lowest BCUT2D eigenvalue weighted by Crippen LogP contribution is -2.37. The average molecular weight is 371 g/mol. The lowest BCUT2D eigenvalue weighted by atomic mass is 9.60. The van der Waals surface area contributed by atoms with Crippen LogP contribution >= 0.6 is 0 Å². The van der Waals surface area contributed by atoms with Crippen molar-refractivity contribution in [1.82, 2.24) is 0 Å². The molecule has 26 heavy (non-hydrogen) atoms. The molecule has 0 heterocycles. The highest BCUT2D eigenvalue weighted by atomic mass is 19.1. The van der Waals surface area contributed by atoms with E-state index in [2.05, 4.69) is 13.8 Å². The number of methoxy groups -OCH3 is 1. The molecule has 0 amide bonds. The maximum atomic E-state index is 14.8. The molecule has 2 aliphatic carbocycles. The average Bonchev–Trinajstić information content (AvgIpc) is 2.90. The second-order valence-corrected chi connectivity index (χ2v) is 9.38. The predicted octanol–water partition coefficient (Wildman–Crippen LogP) is 5.28. The summed E-state index contributed by atoms with van der Waals surface area (Å²) in [6, 6.07) is 0. The van der Waals surface area contributed by atoms with E-state index in [1.54, 1.807) is 7.11 Å². The number of aliphatic hydroxyl groups is 1. The lowest BCUT2D eigenvalue weighted by molar-refractivity contribution is -0.124. The van der Waals surface area contributed by atoms with Gasteiger partial charge < -0.3 is 14.6 Å². The molecule has 0 radical (unpaired) electrons. The third-order valence-corrected chi connectivity index (χ3v) is 6.99. The molecule has 0 spiro atoms. The Morgan fingerprint density at radius 1 is 1.38 bits per heavy atom. The predicted molar refractivity (Wildman–Crippen MR) is 104 cm³/mol. The van der Waals surface area contributed by atoms with Gasteiger partial charge in [0.1, 0.15) is 13.0 Å². The summed E-state index contributed by atoms with van der Waals surface area (Å²) in [7, 11) is 1.59. The Balaban J connectivity index is 1.97. The van der Waals surface area contributed by atoms with Crippen molar-refractivity contribution in [3.8, 4) is 0 Å². The SMILES string of the molecule is COCOC(C)(C)C[C@H](F)C[C@@H](C)[C@H]1CC[C@H]2/C(=C/CO)CCC[C@]12C. The van der Waals surface area contributed by atoms with Crippen LogP contribution in [0.3, 0.4) is 0 Å². The summed E-state index contributed by atoms with van der Waals surface area (Å²) in [5.41, 5.74) is 1.21. The van der Waals surface area contributed by atoms with Crippen molar-refractivity contribution in [2.75, 3.05) is 20.5 Å². The van der Waals surface area contributed by atoms with E-state index in [-0.39, 0.29) is 18.8 Å². The van der Waals surface area contributed by atoms with Gasteiger partial charge in [-0.15, -0.1) is 0 Å². The molecule has 2 aliphatic rings. The minimum atomic E-state index is -0.851. The van der Waals surface area contributed by atoms with Crippen LogP contribution in [0.2, 0.25) is 0 Å². The number of hydrogen-bond acceptors (Lipinski definition) is 3. The van der Waals surface area contributed by atoms with Crippen LogP contribution in [0.4, 0.5) is 4.39 Å². The summed E-state index contributed by atoms with van der Waals surface area (Å²) >= 11 is 0. The van der Waals surface area contributed by atoms with E-state index >= 15 is 0 Å². The van der Waals surface area contributed by atoms with Gasteiger partial charge in [0.25, 0.3) is 0 Å². The van der Waals surface area contributed by atoms with Crippen molar-refractivity contribution in [2.24, 2.45) is 23.2 Å². The van der Waals surface area contributed by atoms with Gasteiger partial charge in [-0.3, -0.25) is 0 Å². The molecule has 0 saturated heterocycles. The Morgan fingerprint density at radius 3 is 2.77 bits per heavy atom. The highest BCUT2D eigenvalue weighted by molar-refractivity contribution is 5.18. The molecule has 0 aromatic heterocycles. The first-order chi connectivity index (χ1) is 12.2. The van der Waals surface area contributed by atoms with Gasteiger partial charge in [0.15, 0.2) is 0 Å². The van der Waals surface area contributed by atoms with Gasteiger partial charge in [0.05, 0.1) is 12.2 Å². The van der Waals surface area contributed by atoms with E-state index in [4.69, 9.17) is 9.47 Å². The summed E-state index contributed by atoms with van der Waals surface area (Å²) in [5.74, 6) is 1.51. The number of halogens is 1. The number of fused-ring (bicyclic) bond motifs is 1. The highest BCUT2D eigenvalue weighted by Gasteiger charge is 2.50. The van der Waals surface area contributed by atoms with Crippen LogP contribution in [0.15, 0.2) is 11.6 Å². The first-order valence-corrected chi connectivity index (χ1v) is 10.3. The molecule has 4 heteroatoms. The Hall–Kier alpha value is -0.450. The molecule has 2 fully saturated rings. The van der Waals surface area contributed by atoms with E-state index in [0.717, 1.165) is 6.42 Å². The molecular weight excluding hydrogens is 331 g/mol. The first kappa shape index (κ1) is 21.8. The molecule has 152 valence electrons. The van der Waals surface area contributed by atoms with E-state index in [1.807, 2.05) is 19.9 Å². The third kappa shape index (κ3) is 5.08. The van der Waals surface area contributed by atoms with Gasteiger partial charge in [0, 0.05) is 13.5 Å². The fraction of sp³-hybridized carbons (Fsp3) is 0.909. The quantitative estimate of drug-likeness (QED) is 0.443. The van der Waals surface area contributed by atoms with Crippen LogP contribution in [0.1, 0.15) is 72.6 Å². The van der Waals surface area contributed by atoms with Crippen LogP contribution < -0.4 is 0 Å². The van der Waals surface area contributed by atoms with Crippen LogP contribution in [-0.2, 0) is 9.47 Å². The minimum Gasteiger partial charge on any atom is -0.392 e. The van der Waals surface area contributed by atoms with Crippen molar-refractivity contribution in [3.05, 3.63) is 11.6 Å². The summed E-state index contributed by atoms with van der Waals surface area (Å²) < 4.78 is 25.4. The number of aliphatic hydroxyl groups excluding tert-OH is 1. The van der Waals surface area contributed by atoms with Crippen molar-refractivity contribution in [3.63, 3.8) is 0 Å². The van der Waals surface area contributed by atoms with Crippen LogP contribution in [-0.4, -0.2) is 37.4 Å². The molecule has 2 saturated carbocycles. The van der Waals surface area contributed by atoms with Gasteiger partial charge in [-0.25, -0.2) is 4.39 Å². The molecule has 0 aromatic rings. The van der Waals surface area contributed by atoms with Gasteiger partial charge in [-0.2, -0.15) is 0 Å². The minimum absolute atomic E-state index is 0.144. The number of ether oxygens (including phenoxy) is 2. The topological polar surface area (TPSA) is 38.7 Å². The summed E-state index contributed by atoms with van der Waals surface area (Å²) in [5, 5.41) is 9.34. The molecular formula is C22H39FO3. The van der Waals surface area contributed by atoms with Crippen LogP contribution in [0.5, 0.6) is 0 Å². The second kappa shape index (κ2) is 9.16. The number of hydrogen-bond donors (Lipinski definition) is 1. The maximum absolute atomic E-state index is 14.8. The molecule has 0 aromatic carbocycles. The third-order valence-electron chi connectivity index (χ3n) is 6.99. The fourth-order valence-corrected chi connectivity index (χ4v) is 5.84. The van der Waals surface area contributed by atoms with Gasteiger partial charge >= 0.3 is 0 Å². The van der Waals surface area contributed by atoms with Gasteiger partial charge in [0.2, 0.25) is 0 Å². The van der Waals surface area contributed by atoms with Crippen LogP contribution in [0.25, 0.3) is 0 Å². The molecule has 0 unspecified atom stereocenters. The van der Waals surface area contributed by atoms with Gasteiger partial charge in [-0.1, -0.05) is 25.5 Å². The van der Waals surface area contributed by atoms with Crippen molar-refractivity contribution >= 4 is 0 Å². The van der Waals surface area contributed by atoms with E-state index in [1.165, 1.54) is 31.3 Å². The second-order valence-electron chi connectivity index (χ2n) is 9.38. The molecule has 1 N–H and O–H groups in total. The number of alkyl halides is 1. The Morgan fingerprint density at radius 2 is 2.12 bits per heavy atom. The molecule has 0 bridgehead atoms. The van der Waals surface area contributed by atoms with Gasteiger partial charge in [-0.05, 0) is 75.5 Å². The molecule has 2 rings (SSSR count). The zero-order chi connectivity index (χ0) is 19.4. The van der Waals surface area contributed by atoms with Crippen LogP contribution in [0, 0.1) is 23.2 Å². The van der Waals surface area contributed by atoms with E-state index in [0.29, 0.717) is 30.6 Å². The number of allylic oxidation sites excluding steroid dienone is 1. The molecule has 0 aliphatic heterocycles. The Bertz CT molecular complexity index is 476. The lowest BCUT2D eigenvalue weighted by Gasteiger charge is -2.44. The van der Waals surface area contributed by atoms with Crippen molar-refractivity contribution < 1.29 is 19.0 Å².